The summed E-state index contributed by atoms with van der Waals surface area (Å²) in [4.78, 5) is 24.3. The van der Waals surface area contributed by atoms with E-state index in [1.807, 2.05) is 54.6 Å². The topological polar surface area (TPSA) is 89.5 Å². The fraction of sp³-hybridized carbons (Fsp3) is 0.143. The van der Waals surface area contributed by atoms with Gasteiger partial charge in [0.2, 0.25) is 0 Å². The fourth-order valence-electron chi connectivity index (χ4n) is 5.04. The third-order valence-electron chi connectivity index (χ3n) is 6.76. The maximum absolute atomic E-state index is 11.6. The molecule has 0 radical (unpaired) electrons. The Balaban J connectivity index is 1.59. The standard InChI is InChI=1S/C28H21Cl2N3O4/c29-23-12-8-20(16-27(23)32(34)35)25-14-15-26(21-9-13-24(30)28(17-21)33(36)37)31(25)22-10-6-19(7-11-22)18-4-2-1-3-5-18/h1-13,16-17,25-26H,14-15H2/t25-,26-/m1/s1. The molecular formula is C28H21Cl2N3O4. The Labute approximate surface area is 223 Å². The van der Waals surface area contributed by atoms with Crippen molar-refractivity contribution in [1.29, 1.82) is 0 Å². The molecule has 1 saturated heterocycles. The number of halogens is 2. The lowest BCUT2D eigenvalue weighted by Crippen LogP contribution is -2.26. The van der Waals surface area contributed by atoms with Crippen molar-refractivity contribution in [3.05, 3.63) is 132 Å². The molecule has 0 N–H and O–H groups in total. The van der Waals surface area contributed by atoms with Gasteiger partial charge in [-0.15, -0.1) is 0 Å². The van der Waals surface area contributed by atoms with Crippen LogP contribution in [0.1, 0.15) is 36.1 Å². The summed E-state index contributed by atoms with van der Waals surface area (Å²) in [5.74, 6) is 0. The van der Waals surface area contributed by atoms with Crippen molar-refractivity contribution in [2.45, 2.75) is 24.9 Å². The van der Waals surface area contributed by atoms with E-state index < -0.39 is 9.85 Å². The summed E-state index contributed by atoms with van der Waals surface area (Å²) in [6, 6.07) is 27.5. The van der Waals surface area contributed by atoms with Gasteiger partial charge in [-0.2, -0.15) is 0 Å². The van der Waals surface area contributed by atoms with Crippen LogP contribution < -0.4 is 4.90 Å². The Kier molecular flexibility index (Phi) is 6.82. The first kappa shape index (κ1) is 24.7. The smallest absolute Gasteiger partial charge is 0.288 e. The first-order valence-electron chi connectivity index (χ1n) is 11.6. The number of nitrogens with zero attached hydrogens (tertiary/aromatic N) is 3. The minimum Gasteiger partial charge on any atom is -0.357 e. The van der Waals surface area contributed by atoms with Gasteiger partial charge in [0.05, 0.1) is 21.9 Å². The average molecular weight is 534 g/mol. The summed E-state index contributed by atoms with van der Waals surface area (Å²) in [5.41, 5.74) is 4.27. The lowest BCUT2D eigenvalue weighted by molar-refractivity contribution is -0.384. The monoisotopic (exact) mass is 533 g/mol. The number of nitro benzene ring substituents is 2. The van der Waals surface area contributed by atoms with Gasteiger partial charge < -0.3 is 4.90 Å². The number of rotatable bonds is 6. The van der Waals surface area contributed by atoms with Crippen LogP contribution in [0.3, 0.4) is 0 Å². The molecule has 4 aromatic rings. The molecule has 186 valence electrons. The lowest BCUT2D eigenvalue weighted by Gasteiger charge is -2.33. The summed E-state index contributed by atoms with van der Waals surface area (Å²) < 4.78 is 0. The van der Waals surface area contributed by atoms with Crippen molar-refractivity contribution in [2.75, 3.05) is 4.90 Å². The molecule has 7 nitrogen and oxygen atoms in total. The zero-order valence-electron chi connectivity index (χ0n) is 19.5. The Morgan fingerprint density at radius 2 is 1.11 bits per heavy atom. The van der Waals surface area contributed by atoms with Crippen LogP contribution in [0.15, 0.2) is 91.0 Å². The van der Waals surface area contributed by atoms with Gasteiger partial charge in [-0.3, -0.25) is 20.2 Å². The van der Waals surface area contributed by atoms with E-state index in [0.29, 0.717) is 12.8 Å². The largest absolute Gasteiger partial charge is 0.357 e. The molecule has 0 bridgehead atoms. The second-order valence-electron chi connectivity index (χ2n) is 8.87. The highest BCUT2D eigenvalue weighted by atomic mass is 35.5. The third kappa shape index (κ3) is 4.88. The van der Waals surface area contributed by atoms with Gasteiger partial charge in [-0.05, 0) is 59.4 Å². The van der Waals surface area contributed by atoms with Gasteiger partial charge in [0.1, 0.15) is 10.0 Å². The van der Waals surface area contributed by atoms with Gasteiger partial charge in [0.15, 0.2) is 0 Å². The van der Waals surface area contributed by atoms with E-state index in [4.69, 9.17) is 23.2 Å². The fourth-order valence-corrected chi connectivity index (χ4v) is 5.41. The van der Waals surface area contributed by atoms with Crippen LogP contribution in [0.5, 0.6) is 0 Å². The average Bonchev–Trinajstić information content (AvgIpc) is 3.34. The molecule has 0 aromatic heterocycles. The van der Waals surface area contributed by atoms with Crippen molar-refractivity contribution in [3.63, 3.8) is 0 Å². The van der Waals surface area contributed by atoms with E-state index in [9.17, 15) is 20.2 Å². The van der Waals surface area contributed by atoms with Crippen LogP contribution in [-0.4, -0.2) is 9.85 Å². The summed E-state index contributed by atoms with van der Waals surface area (Å²) in [5, 5.41) is 23.3. The minimum atomic E-state index is -0.486. The van der Waals surface area contributed by atoms with Crippen molar-refractivity contribution >= 4 is 40.3 Å². The van der Waals surface area contributed by atoms with Crippen LogP contribution in [0.4, 0.5) is 17.1 Å². The molecule has 1 aliphatic rings. The van der Waals surface area contributed by atoms with Crippen LogP contribution >= 0.6 is 23.2 Å². The summed E-state index contributed by atoms with van der Waals surface area (Å²) >= 11 is 12.2. The molecule has 9 heteroatoms. The number of nitro groups is 2. The predicted octanol–water partition coefficient (Wildman–Crippen LogP) is 8.56. The first-order chi connectivity index (χ1) is 17.8. The van der Waals surface area contributed by atoms with Gasteiger partial charge >= 0.3 is 0 Å². The number of hydrogen-bond donors (Lipinski definition) is 0. The summed E-state index contributed by atoms with van der Waals surface area (Å²) in [7, 11) is 0. The van der Waals surface area contributed by atoms with Crippen LogP contribution in [0.2, 0.25) is 10.0 Å². The van der Waals surface area contributed by atoms with Crippen LogP contribution in [0, 0.1) is 20.2 Å². The maximum atomic E-state index is 11.6. The van der Waals surface area contributed by atoms with E-state index in [2.05, 4.69) is 4.90 Å². The second-order valence-corrected chi connectivity index (χ2v) is 9.68. The van der Waals surface area contributed by atoms with E-state index in [0.717, 1.165) is 27.9 Å². The Morgan fingerprint density at radius 3 is 1.57 bits per heavy atom. The maximum Gasteiger partial charge on any atom is 0.288 e. The zero-order valence-corrected chi connectivity index (χ0v) is 21.0. The molecule has 0 spiro atoms. The molecule has 0 aliphatic carbocycles. The summed E-state index contributed by atoms with van der Waals surface area (Å²) in [6.45, 7) is 0. The Bertz CT molecular complexity index is 1410. The third-order valence-corrected chi connectivity index (χ3v) is 7.40. The van der Waals surface area contributed by atoms with Gasteiger partial charge in [0, 0.05) is 17.8 Å². The Hall–Kier alpha value is -3.94. The second kappa shape index (κ2) is 10.2. The van der Waals surface area contributed by atoms with Crippen molar-refractivity contribution in [2.24, 2.45) is 0 Å². The highest BCUT2D eigenvalue weighted by molar-refractivity contribution is 6.33. The van der Waals surface area contributed by atoms with Crippen molar-refractivity contribution in [3.8, 4) is 11.1 Å². The molecule has 5 rings (SSSR count). The van der Waals surface area contributed by atoms with Gasteiger partial charge in [0.25, 0.3) is 11.4 Å². The van der Waals surface area contributed by atoms with Crippen molar-refractivity contribution in [1.82, 2.24) is 0 Å². The lowest BCUT2D eigenvalue weighted by atomic mass is 10.0. The molecule has 1 fully saturated rings. The normalized spacial score (nSPS) is 17.1. The highest BCUT2D eigenvalue weighted by Crippen LogP contribution is 2.48. The molecular weight excluding hydrogens is 513 g/mol. The van der Waals surface area contributed by atoms with E-state index in [1.54, 1.807) is 24.3 Å². The molecule has 4 aromatic carbocycles. The molecule has 0 saturated carbocycles. The van der Waals surface area contributed by atoms with Gasteiger partial charge in [-0.25, -0.2) is 0 Å². The van der Waals surface area contributed by atoms with E-state index in [-0.39, 0.29) is 33.5 Å². The zero-order chi connectivity index (χ0) is 26.1. The number of anilines is 1. The highest BCUT2D eigenvalue weighted by Gasteiger charge is 2.37. The molecule has 0 unspecified atom stereocenters. The van der Waals surface area contributed by atoms with Crippen LogP contribution in [0.25, 0.3) is 11.1 Å². The number of hydrogen-bond acceptors (Lipinski definition) is 5. The quantitative estimate of drug-likeness (QED) is 0.183. The first-order valence-corrected chi connectivity index (χ1v) is 12.4. The van der Waals surface area contributed by atoms with Gasteiger partial charge in [-0.1, -0.05) is 77.8 Å². The Morgan fingerprint density at radius 1 is 0.649 bits per heavy atom. The minimum absolute atomic E-state index is 0.0791. The molecule has 1 heterocycles. The number of benzene rings is 4. The molecule has 2 atom stereocenters. The van der Waals surface area contributed by atoms with E-state index >= 15 is 0 Å². The van der Waals surface area contributed by atoms with Crippen LogP contribution in [-0.2, 0) is 0 Å². The van der Waals surface area contributed by atoms with Crippen molar-refractivity contribution < 1.29 is 9.85 Å². The predicted molar refractivity (Wildman–Crippen MR) is 145 cm³/mol. The SMILES string of the molecule is O=[N+]([O-])c1cc([C@H]2CC[C@H](c3ccc(Cl)c([N+](=O)[O-])c3)N2c2ccc(-c3ccccc3)cc2)ccc1Cl. The molecule has 0 amide bonds. The molecule has 1 aliphatic heterocycles. The summed E-state index contributed by atoms with van der Waals surface area (Å²) in [6.07, 6.45) is 1.39. The molecule has 37 heavy (non-hydrogen) atoms. The van der Waals surface area contributed by atoms with E-state index in [1.165, 1.54) is 12.1 Å².